The van der Waals surface area contributed by atoms with Gasteiger partial charge in [-0.2, -0.15) is 0 Å². The molecule has 1 atom stereocenters. The number of aliphatic hydroxyl groups excluding tert-OH is 1. The number of aliphatic hydroxyl groups is 1. The van der Waals surface area contributed by atoms with Gasteiger partial charge in [0.1, 0.15) is 11.9 Å². The third-order valence-electron chi connectivity index (χ3n) is 3.36. The highest BCUT2D eigenvalue weighted by molar-refractivity contribution is 5.76. The van der Waals surface area contributed by atoms with Gasteiger partial charge in [0, 0.05) is 6.54 Å². The Balaban J connectivity index is 2.15. The maximum Gasteiger partial charge on any atom is 0.143 e. The molecular weight excluding hydrogens is 248 g/mol. The van der Waals surface area contributed by atoms with Crippen LogP contribution >= 0.6 is 0 Å². The minimum Gasteiger partial charge on any atom is -0.380 e. The maximum atomic E-state index is 10.6. The van der Waals surface area contributed by atoms with Crippen LogP contribution in [0.25, 0.3) is 11.0 Å². The first-order valence-corrected chi connectivity index (χ1v) is 6.60. The van der Waals surface area contributed by atoms with Crippen LogP contribution in [0, 0.1) is 0 Å². The molecule has 0 saturated heterocycles. The molecule has 0 aliphatic rings. The second kappa shape index (κ2) is 5.31. The molecule has 3 nitrogen and oxygen atoms in total. The maximum absolute atomic E-state index is 10.6. The molecule has 0 unspecified atom stereocenters. The van der Waals surface area contributed by atoms with Gasteiger partial charge in [0.15, 0.2) is 0 Å². The van der Waals surface area contributed by atoms with E-state index >= 15 is 0 Å². The van der Waals surface area contributed by atoms with Crippen molar-refractivity contribution in [1.82, 2.24) is 9.55 Å². The highest BCUT2D eigenvalue weighted by Gasteiger charge is 2.18. The van der Waals surface area contributed by atoms with Crippen LogP contribution < -0.4 is 0 Å². The van der Waals surface area contributed by atoms with Crippen molar-refractivity contribution in [2.75, 3.05) is 0 Å². The highest BCUT2D eigenvalue weighted by Crippen LogP contribution is 2.25. The number of hydrogen-bond donors (Lipinski definition) is 1. The van der Waals surface area contributed by atoms with Crippen molar-refractivity contribution in [1.29, 1.82) is 0 Å². The third kappa shape index (κ3) is 2.12. The second-order valence-electron chi connectivity index (χ2n) is 4.67. The molecule has 2 aromatic carbocycles. The summed E-state index contributed by atoms with van der Waals surface area (Å²) in [6.45, 7) is 4.41. The van der Waals surface area contributed by atoms with Gasteiger partial charge in [-0.1, -0.05) is 48.5 Å². The summed E-state index contributed by atoms with van der Waals surface area (Å²) in [6, 6.07) is 17.5. The molecule has 0 bridgehead atoms. The molecular formula is C17H16N2O. The monoisotopic (exact) mass is 264 g/mol. The fourth-order valence-electron chi connectivity index (χ4n) is 2.41. The first kappa shape index (κ1) is 12.6. The largest absolute Gasteiger partial charge is 0.380 e. The molecule has 20 heavy (non-hydrogen) atoms. The van der Waals surface area contributed by atoms with Crippen molar-refractivity contribution in [3.05, 3.63) is 78.6 Å². The Hall–Kier alpha value is -2.39. The van der Waals surface area contributed by atoms with E-state index in [0.29, 0.717) is 12.4 Å². The Morgan fingerprint density at radius 1 is 1.10 bits per heavy atom. The van der Waals surface area contributed by atoms with E-state index in [-0.39, 0.29) is 0 Å². The molecule has 0 fully saturated rings. The van der Waals surface area contributed by atoms with Gasteiger partial charge in [0.2, 0.25) is 0 Å². The Morgan fingerprint density at radius 3 is 2.55 bits per heavy atom. The molecule has 100 valence electrons. The molecule has 3 heteroatoms. The van der Waals surface area contributed by atoms with Crippen LogP contribution in [0.3, 0.4) is 0 Å². The Kier molecular flexibility index (Phi) is 3.35. The van der Waals surface area contributed by atoms with E-state index in [0.717, 1.165) is 16.6 Å². The quantitative estimate of drug-likeness (QED) is 0.734. The summed E-state index contributed by atoms with van der Waals surface area (Å²) in [7, 11) is 0. The zero-order chi connectivity index (χ0) is 13.9. The number of nitrogens with zero attached hydrogens (tertiary/aromatic N) is 2. The second-order valence-corrected chi connectivity index (χ2v) is 4.67. The van der Waals surface area contributed by atoms with Crippen molar-refractivity contribution in [2.45, 2.75) is 12.6 Å². The average molecular weight is 264 g/mol. The van der Waals surface area contributed by atoms with E-state index in [9.17, 15) is 5.11 Å². The molecule has 0 amide bonds. The summed E-state index contributed by atoms with van der Waals surface area (Å²) in [6.07, 6.45) is 1.08. The van der Waals surface area contributed by atoms with Gasteiger partial charge in [0.25, 0.3) is 0 Å². The van der Waals surface area contributed by atoms with Crippen LogP contribution in [-0.2, 0) is 6.54 Å². The topological polar surface area (TPSA) is 38.0 Å². The Morgan fingerprint density at radius 2 is 1.80 bits per heavy atom. The molecule has 0 saturated carbocycles. The van der Waals surface area contributed by atoms with E-state index in [1.54, 1.807) is 0 Å². The summed E-state index contributed by atoms with van der Waals surface area (Å²) in [5.41, 5.74) is 2.74. The van der Waals surface area contributed by atoms with Crippen LogP contribution in [0.15, 0.2) is 67.3 Å². The zero-order valence-electron chi connectivity index (χ0n) is 11.1. The molecule has 3 rings (SSSR count). The summed E-state index contributed by atoms with van der Waals surface area (Å²) in [4.78, 5) is 4.57. The van der Waals surface area contributed by atoms with Crippen molar-refractivity contribution < 1.29 is 5.11 Å². The number of fused-ring (bicyclic) bond motifs is 1. The lowest BCUT2D eigenvalue weighted by atomic mass is 10.1. The van der Waals surface area contributed by atoms with E-state index in [1.165, 1.54) is 0 Å². The van der Waals surface area contributed by atoms with E-state index in [1.807, 2.05) is 65.2 Å². The molecule has 0 radical (unpaired) electrons. The van der Waals surface area contributed by atoms with Crippen LogP contribution in [0.5, 0.6) is 0 Å². The number of benzene rings is 2. The number of aromatic nitrogens is 2. The van der Waals surface area contributed by atoms with E-state index < -0.39 is 6.10 Å². The number of imidazole rings is 1. The van der Waals surface area contributed by atoms with Crippen LogP contribution in [0.1, 0.15) is 17.5 Å². The number of allylic oxidation sites excluding steroid dienone is 1. The van der Waals surface area contributed by atoms with Crippen LogP contribution in [0.2, 0.25) is 0 Å². The summed E-state index contributed by atoms with van der Waals surface area (Å²) in [5.74, 6) is 0.650. The number of para-hydroxylation sites is 2. The van der Waals surface area contributed by atoms with Gasteiger partial charge in [-0.25, -0.2) is 4.98 Å². The fraction of sp³-hybridized carbons (Fsp3) is 0.118. The van der Waals surface area contributed by atoms with Gasteiger partial charge in [0.05, 0.1) is 11.0 Å². The predicted molar refractivity (Wildman–Crippen MR) is 80.4 cm³/mol. The smallest absolute Gasteiger partial charge is 0.143 e. The van der Waals surface area contributed by atoms with Crippen LogP contribution in [0.4, 0.5) is 0 Å². The van der Waals surface area contributed by atoms with Gasteiger partial charge in [-0.05, 0) is 17.7 Å². The summed E-state index contributed by atoms with van der Waals surface area (Å²) in [5, 5.41) is 10.6. The summed E-state index contributed by atoms with van der Waals surface area (Å²) < 4.78 is 2.00. The molecule has 1 heterocycles. The SMILES string of the molecule is C=CCn1c([C@@H](O)c2ccccc2)nc2ccccc21. The molecule has 1 aromatic heterocycles. The van der Waals surface area contributed by atoms with E-state index in [4.69, 9.17) is 0 Å². The van der Waals surface area contributed by atoms with Crippen molar-refractivity contribution in [3.63, 3.8) is 0 Å². The Labute approximate surface area is 117 Å². The predicted octanol–water partition coefficient (Wildman–Crippen LogP) is 3.30. The molecule has 0 aliphatic heterocycles. The zero-order valence-corrected chi connectivity index (χ0v) is 11.1. The lowest BCUT2D eigenvalue weighted by Crippen LogP contribution is -2.09. The van der Waals surface area contributed by atoms with Gasteiger partial charge in [-0.15, -0.1) is 6.58 Å². The van der Waals surface area contributed by atoms with Gasteiger partial charge < -0.3 is 9.67 Å². The molecule has 0 spiro atoms. The number of rotatable bonds is 4. The lowest BCUT2D eigenvalue weighted by molar-refractivity contribution is 0.206. The number of hydrogen-bond acceptors (Lipinski definition) is 2. The summed E-state index contributed by atoms with van der Waals surface area (Å²) >= 11 is 0. The van der Waals surface area contributed by atoms with Crippen molar-refractivity contribution in [3.8, 4) is 0 Å². The molecule has 3 aromatic rings. The van der Waals surface area contributed by atoms with Crippen molar-refractivity contribution >= 4 is 11.0 Å². The van der Waals surface area contributed by atoms with Gasteiger partial charge >= 0.3 is 0 Å². The average Bonchev–Trinajstić information content (AvgIpc) is 2.87. The molecule has 0 aliphatic carbocycles. The van der Waals surface area contributed by atoms with E-state index in [2.05, 4.69) is 11.6 Å². The first-order valence-electron chi connectivity index (χ1n) is 6.60. The fourth-order valence-corrected chi connectivity index (χ4v) is 2.41. The van der Waals surface area contributed by atoms with Crippen LogP contribution in [-0.4, -0.2) is 14.7 Å². The highest BCUT2D eigenvalue weighted by atomic mass is 16.3. The minimum absolute atomic E-state index is 0.625. The normalized spacial score (nSPS) is 12.4. The standard InChI is InChI=1S/C17H16N2O/c1-2-12-19-15-11-7-6-10-14(15)18-17(19)16(20)13-8-4-3-5-9-13/h2-11,16,20H,1,12H2/t16-/m0/s1. The first-order chi connectivity index (χ1) is 9.81. The molecule has 1 N–H and O–H groups in total. The Bertz CT molecular complexity index is 731. The minimum atomic E-state index is -0.733. The van der Waals surface area contributed by atoms with Gasteiger partial charge in [-0.3, -0.25) is 0 Å². The lowest BCUT2D eigenvalue weighted by Gasteiger charge is -2.13. The third-order valence-corrected chi connectivity index (χ3v) is 3.36. The van der Waals surface area contributed by atoms with Crippen molar-refractivity contribution in [2.24, 2.45) is 0 Å².